The molecular formula is C22H17F2NO3. The van der Waals surface area contributed by atoms with Crippen LogP contribution in [-0.2, 0) is 16.0 Å². The van der Waals surface area contributed by atoms with Gasteiger partial charge in [-0.05, 0) is 35.7 Å². The Morgan fingerprint density at radius 1 is 0.893 bits per heavy atom. The number of halogens is 2. The zero-order valence-electron chi connectivity index (χ0n) is 14.8. The first-order chi connectivity index (χ1) is 13.5. The van der Waals surface area contributed by atoms with Crippen LogP contribution in [0.1, 0.15) is 21.5 Å². The Morgan fingerprint density at radius 2 is 1.61 bits per heavy atom. The summed E-state index contributed by atoms with van der Waals surface area (Å²) >= 11 is 0. The fraction of sp³-hybridized carbons (Fsp3) is 0.0909. The average Bonchev–Trinajstić information content (AvgIpc) is 2.70. The van der Waals surface area contributed by atoms with E-state index < -0.39 is 30.1 Å². The molecule has 0 aromatic heterocycles. The maximum atomic E-state index is 13.6. The predicted octanol–water partition coefficient (Wildman–Crippen LogP) is 4.35. The van der Waals surface area contributed by atoms with E-state index in [2.05, 4.69) is 5.32 Å². The number of carbonyl (C=O) groups is 2. The van der Waals surface area contributed by atoms with Crippen LogP contribution in [0.4, 0.5) is 14.5 Å². The van der Waals surface area contributed by atoms with Crippen LogP contribution in [0.2, 0.25) is 0 Å². The Kier molecular flexibility index (Phi) is 6.11. The van der Waals surface area contributed by atoms with Gasteiger partial charge in [0.1, 0.15) is 11.6 Å². The molecule has 4 nitrogen and oxygen atoms in total. The number of hydrogen-bond acceptors (Lipinski definition) is 3. The van der Waals surface area contributed by atoms with Gasteiger partial charge in [0.2, 0.25) is 0 Å². The summed E-state index contributed by atoms with van der Waals surface area (Å²) < 4.78 is 31.8. The molecule has 0 fully saturated rings. The summed E-state index contributed by atoms with van der Waals surface area (Å²) in [6.45, 7) is -0.617. The summed E-state index contributed by atoms with van der Waals surface area (Å²) in [6.07, 6.45) is 0.535. The van der Waals surface area contributed by atoms with Gasteiger partial charge in [0.05, 0.1) is 11.3 Å². The second-order valence-electron chi connectivity index (χ2n) is 6.07. The van der Waals surface area contributed by atoms with E-state index in [-0.39, 0.29) is 5.69 Å². The van der Waals surface area contributed by atoms with Gasteiger partial charge in [-0.15, -0.1) is 0 Å². The molecule has 6 heteroatoms. The van der Waals surface area contributed by atoms with Gasteiger partial charge in [-0.1, -0.05) is 48.5 Å². The van der Waals surface area contributed by atoms with E-state index in [1.54, 1.807) is 12.1 Å². The van der Waals surface area contributed by atoms with Crippen molar-refractivity contribution in [3.63, 3.8) is 0 Å². The highest BCUT2D eigenvalue weighted by Gasteiger charge is 2.15. The van der Waals surface area contributed by atoms with Crippen LogP contribution in [0, 0.1) is 11.6 Å². The van der Waals surface area contributed by atoms with Crippen molar-refractivity contribution in [3.8, 4) is 0 Å². The van der Waals surface area contributed by atoms with Gasteiger partial charge in [-0.25, -0.2) is 13.6 Å². The van der Waals surface area contributed by atoms with E-state index in [0.29, 0.717) is 12.0 Å². The lowest BCUT2D eigenvalue weighted by Crippen LogP contribution is -2.22. The standard InChI is InChI=1S/C22H17F2NO3/c23-17-10-11-19(24)20(13-17)25-21(26)14-28-22(27)18-9-5-4-8-16(18)12-15-6-2-1-3-7-15/h1-11,13H,12,14H2,(H,25,26). The molecular weight excluding hydrogens is 364 g/mol. The molecule has 3 aromatic rings. The number of nitrogens with one attached hydrogen (secondary N) is 1. The zero-order valence-corrected chi connectivity index (χ0v) is 14.8. The van der Waals surface area contributed by atoms with Gasteiger partial charge < -0.3 is 10.1 Å². The summed E-state index contributed by atoms with van der Waals surface area (Å²) in [7, 11) is 0. The van der Waals surface area contributed by atoms with E-state index in [0.717, 1.165) is 29.3 Å². The molecule has 3 rings (SSSR count). The number of esters is 1. The second-order valence-corrected chi connectivity index (χ2v) is 6.07. The number of carbonyl (C=O) groups excluding carboxylic acids is 2. The maximum absolute atomic E-state index is 13.6. The van der Waals surface area contributed by atoms with Crippen molar-refractivity contribution in [1.29, 1.82) is 0 Å². The van der Waals surface area contributed by atoms with Gasteiger partial charge in [-0.3, -0.25) is 4.79 Å². The molecule has 1 N–H and O–H groups in total. The molecule has 0 aliphatic rings. The molecule has 142 valence electrons. The van der Waals surface area contributed by atoms with E-state index >= 15 is 0 Å². The molecule has 0 atom stereocenters. The van der Waals surface area contributed by atoms with E-state index in [4.69, 9.17) is 4.74 Å². The van der Waals surface area contributed by atoms with E-state index in [9.17, 15) is 18.4 Å². The first kappa shape index (κ1) is 19.2. The minimum absolute atomic E-state index is 0.314. The van der Waals surface area contributed by atoms with Crippen LogP contribution >= 0.6 is 0 Å². The van der Waals surface area contributed by atoms with Crippen molar-refractivity contribution in [2.75, 3.05) is 11.9 Å². The number of ether oxygens (including phenoxy) is 1. The Balaban J connectivity index is 1.63. The molecule has 0 bridgehead atoms. The minimum atomic E-state index is -0.783. The third-order valence-corrected chi connectivity index (χ3v) is 4.01. The van der Waals surface area contributed by atoms with Crippen LogP contribution in [0.15, 0.2) is 72.8 Å². The lowest BCUT2D eigenvalue weighted by molar-refractivity contribution is -0.119. The van der Waals surface area contributed by atoms with Crippen LogP contribution in [0.3, 0.4) is 0 Å². The number of anilines is 1. The number of rotatable bonds is 6. The second kappa shape index (κ2) is 8.90. The van der Waals surface area contributed by atoms with Crippen molar-refractivity contribution in [3.05, 3.63) is 101 Å². The van der Waals surface area contributed by atoms with Crippen LogP contribution in [-0.4, -0.2) is 18.5 Å². The molecule has 0 unspecified atom stereocenters. The quantitative estimate of drug-likeness (QED) is 0.646. The molecule has 3 aromatic carbocycles. The van der Waals surface area contributed by atoms with Gasteiger partial charge >= 0.3 is 5.97 Å². The van der Waals surface area contributed by atoms with Gasteiger partial charge in [0, 0.05) is 6.07 Å². The van der Waals surface area contributed by atoms with Crippen molar-refractivity contribution < 1.29 is 23.1 Å². The highest BCUT2D eigenvalue weighted by molar-refractivity contribution is 5.96. The predicted molar refractivity (Wildman–Crippen MR) is 101 cm³/mol. The number of amides is 1. The lowest BCUT2D eigenvalue weighted by Gasteiger charge is -2.10. The van der Waals surface area contributed by atoms with Crippen LogP contribution in [0.5, 0.6) is 0 Å². The Hall–Kier alpha value is -3.54. The third-order valence-electron chi connectivity index (χ3n) is 4.01. The summed E-state index contributed by atoms with van der Waals surface area (Å²) in [6, 6.07) is 19.3. The van der Waals surface area contributed by atoms with Crippen molar-refractivity contribution in [1.82, 2.24) is 0 Å². The fourth-order valence-corrected chi connectivity index (χ4v) is 2.68. The highest BCUT2D eigenvalue weighted by Crippen LogP contribution is 2.17. The van der Waals surface area contributed by atoms with E-state index in [1.807, 2.05) is 42.5 Å². The normalized spacial score (nSPS) is 10.4. The van der Waals surface area contributed by atoms with E-state index in [1.165, 1.54) is 0 Å². The zero-order chi connectivity index (χ0) is 19.9. The lowest BCUT2D eigenvalue weighted by atomic mass is 10.00. The monoisotopic (exact) mass is 381 g/mol. The SMILES string of the molecule is O=C(COC(=O)c1ccccc1Cc1ccccc1)Nc1cc(F)ccc1F. The van der Waals surface area contributed by atoms with Gasteiger partial charge in [0.15, 0.2) is 6.61 Å². The highest BCUT2D eigenvalue weighted by atomic mass is 19.1. The molecule has 0 radical (unpaired) electrons. The Morgan fingerprint density at radius 3 is 2.39 bits per heavy atom. The molecule has 0 spiro atoms. The average molecular weight is 381 g/mol. The van der Waals surface area contributed by atoms with Crippen molar-refractivity contribution in [2.24, 2.45) is 0 Å². The van der Waals surface area contributed by atoms with Crippen LogP contribution < -0.4 is 5.32 Å². The summed E-state index contributed by atoms with van der Waals surface area (Å²) in [5, 5.41) is 2.18. The fourth-order valence-electron chi connectivity index (χ4n) is 2.68. The molecule has 0 saturated heterocycles. The molecule has 0 aliphatic heterocycles. The van der Waals surface area contributed by atoms with Crippen molar-refractivity contribution >= 4 is 17.6 Å². The Bertz CT molecular complexity index is 990. The molecule has 0 saturated carbocycles. The molecule has 1 amide bonds. The Labute approximate surface area is 160 Å². The van der Waals surface area contributed by atoms with Gasteiger partial charge in [0.25, 0.3) is 5.91 Å². The van der Waals surface area contributed by atoms with Crippen LogP contribution in [0.25, 0.3) is 0 Å². The number of hydrogen-bond donors (Lipinski definition) is 1. The smallest absolute Gasteiger partial charge is 0.338 e. The molecule has 0 aliphatic carbocycles. The maximum Gasteiger partial charge on any atom is 0.338 e. The topological polar surface area (TPSA) is 55.4 Å². The first-order valence-corrected chi connectivity index (χ1v) is 8.57. The summed E-state index contributed by atoms with van der Waals surface area (Å²) in [5.74, 6) is -2.90. The minimum Gasteiger partial charge on any atom is -0.452 e. The van der Waals surface area contributed by atoms with Gasteiger partial charge in [-0.2, -0.15) is 0 Å². The largest absolute Gasteiger partial charge is 0.452 e. The summed E-state index contributed by atoms with van der Waals surface area (Å²) in [4.78, 5) is 24.3. The number of benzene rings is 3. The molecule has 0 heterocycles. The summed E-state index contributed by atoms with van der Waals surface area (Å²) in [5.41, 5.74) is 1.82. The third kappa shape index (κ3) is 5.01. The van der Waals surface area contributed by atoms with Crippen molar-refractivity contribution in [2.45, 2.75) is 6.42 Å². The molecule has 28 heavy (non-hydrogen) atoms. The first-order valence-electron chi connectivity index (χ1n) is 8.57.